The average molecular weight is 244 g/mol. The summed E-state index contributed by atoms with van der Waals surface area (Å²) >= 11 is 0. The van der Waals surface area contributed by atoms with Crippen LogP contribution in [0.2, 0.25) is 0 Å². The molecule has 0 saturated heterocycles. The average Bonchev–Trinajstić information content (AvgIpc) is 2.76. The van der Waals surface area contributed by atoms with Gasteiger partial charge in [0.15, 0.2) is 0 Å². The first-order chi connectivity index (χ1) is 8.70. The highest BCUT2D eigenvalue weighted by atomic mass is 16.4. The van der Waals surface area contributed by atoms with Crippen LogP contribution in [0.15, 0.2) is 24.3 Å². The van der Waals surface area contributed by atoms with Gasteiger partial charge in [0.05, 0.1) is 0 Å². The Morgan fingerprint density at radius 2 is 2.22 bits per heavy atom. The maximum atomic E-state index is 11.2. The maximum Gasteiger partial charge on any atom is 0.321 e. The molecule has 0 saturated carbocycles. The van der Waals surface area contributed by atoms with Gasteiger partial charge in [0, 0.05) is 29.1 Å². The van der Waals surface area contributed by atoms with Gasteiger partial charge in [-0.2, -0.15) is 0 Å². The number of hydrogen-bond donors (Lipinski definition) is 3. The first-order valence-corrected chi connectivity index (χ1v) is 6.29. The Labute approximate surface area is 105 Å². The third kappa shape index (κ3) is 1.61. The minimum absolute atomic E-state index is 0.0993. The lowest BCUT2D eigenvalue weighted by Crippen LogP contribution is -2.44. The van der Waals surface area contributed by atoms with Crippen molar-refractivity contribution in [2.75, 3.05) is 0 Å². The number of rotatable bonds is 2. The van der Waals surface area contributed by atoms with Gasteiger partial charge in [-0.25, -0.2) is 0 Å². The first-order valence-electron chi connectivity index (χ1n) is 6.29. The molecular formula is C14H16N2O2. The SMILES string of the molecule is CC[C@H]1N[C@@H](C(=O)O)Cc2c1[nH]c1ccccc21. The van der Waals surface area contributed by atoms with Crippen LogP contribution in [-0.4, -0.2) is 22.1 Å². The normalized spacial score (nSPS) is 22.9. The van der Waals surface area contributed by atoms with Crippen LogP contribution in [0.5, 0.6) is 0 Å². The number of H-pyrrole nitrogens is 1. The van der Waals surface area contributed by atoms with Crippen LogP contribution in [0.25, 0.3) is 10.9 Å². The zero-order chi connectivity index (χ0) is 12.7. The molecule has 0 radical (unpaired) electrons. The standard InChI is InChI=1S/C14H16N2O2/c1-2-10-13-9(7-12(15-10)14(17)18)8-5-3-4-6-11(8)16-13/h3-6,10,12,15-16H,2,7H2,1H3,(H,17,18)/t10-,12-/m1/s1. The molecule has 0 aliphatic carbocycles. The van der Waals surface area contributed by atoms with Crippen molar-refractivity contribution in [3.8, 4) is 0 Å². The molecule has 0 fully saturated rings. The second-order valence-corrected chi connectivity index (χ2v) is 4.79. The van der Waals surface area contributed by atoms with Crippen LogP contribution in [0.3, 0.4) is 0 Å². The number of hydrogen-bond acceptors (Lipinski definition) is 2. The van der Waals surface area contributed by atoms with E-state index in [-0.39, 0.29) is 6.04 Å². The summed E-state index contributed by atoms with van der Waals surface area (Å²) in [6, 6.07) is 7.70. The molecule has 0 spiro atoms. The Balaban J connectivity index is 2.15. The zero-order valence-electron chi connectivity index (χ0n) is 10.2. The van der Waals surface area contributed by atoms with Crippen molar-refractivity contribution in [2.45, 2.75) is 31.8 Å². The quantitative estimate of drug-likeness (QED) is 0.759. The predicted octanol–water partition coefficient (Wildman–Crippen LogP) is 2.22. The molecule has 1 aromatic heterocycles. The van der Waals surface area contributed by atoms with Crippen LogP contribution < -0.4 is 5.32 Å². The monoisotopic (exact) mass is 244 g/mol. The molecule has 1 aromatic carbocycles. The molecule has 0 bridgehead atoms. The highest BCUT2D eigenvalue weighted by Crippen LogP contribution is 2.32. The maximum absolute atomic E-state index is 11.2. The summed E-state index contributed by atoms with van der Waals surface area (Å²) in [5.41, 5.74) is 3.40. The van der Waals surface area contributed by atoms with Crippen LogP contribution in [-0.2, 0) is 11.2 Å². The Morgan fingerprint density at radius 1 is 1.44 bits per heavy atom. The van der Waals surface area contributed by atoms with Crippen molar-refractivity contribution in [1.29, 1.82) is 0 Å². The Bertz CT molecular complexity index is 603. The van der Waals surface area contributed by atoms with Crippen molar-refractivity contribution in [3.05, 3.63) is 35.5 Å². The van der Waals surface area contributed by atoms with Gasteiger partial charge >= 0.3 is 5.97 Å². The Hall–Kier alpha value is -1.81. The topological polar surface area (TPSA) is 65.1 Å². The van der Waals surface area contributed by atoms with E-state index >= 15 is 0 Å². The Morgan fingerprint density at radius 3 is 2.94 bits per heavy atom. The molecule has 3 N–H and O–H groups in total. The van der Waals surface area contributed by atoms with Gasteiger partial charge in [-0.1, -0.05) is 25.1 Å². The third-order valence-electron chi connectivity index (χ3n) is 3.71. The molecule has 94 valence electrons. The molecule has 0 amide bonds. The lowest BCUT2D eigenvalue weighted by atomic mass is 9.93. The lowest BCUT2D eigenvalue weighted by Gasteiger charge is -2.28. The summed E-state index contributed by atoms with van der Waals surface area (Å²) in [5, 5.41) is 13.6. The number of nitrogens with one attached hydrogen (secondary N) is 2. The van der Waals surface area contributed by atoms with E-state index in [9.17, 15) is 9.90 Å². The zero-order valence-corrected chi connectivity index (χ0v) is 10.2. The van der Waals surface area contributed by atoms with Gasteiger partial charge in [0.1, 0.15) is 6.04 Å². The molecule has 4 nitrogen and oxygen atoms in total. The third-order valence-corrected chi connectivity index (χ3v) is 3.71. The number of aromatic amines is 1. The largest absolute Gasteiger partial charge is 0.480 e. The molecule has 2 heterocycles. The summed E-state index contributed by atoms with van der Waals surface area (Å²) in [6.45, 7) is 2.07. The number of fused-ring (bicyclic) bond motifs is 3. The van der Waals surface area contributed by atoms with Gasteiger partial charge in [0.2, 0.25) is 0 Å². The number of para-hydroxylation sites is 1. The van der Waals surface area contributed by atoms with E-state index in [0.717, 1.165) is 28.6 Å². The van der Waals surface area contributed by atoms with E-state index in [1.165, 1.54) is 0 Å². The van der Waals surface area contributed by atoms with Gasteiger partial charge in [-0.15, -0.1) is 0 Å². The number of carboxylic acids is 1. The second kappa shape index (κ2) is 4.14. The number of aliphatic carboxylic acids is 1. The first kappa shape index (κ1) is 11.3. The molecule has 1 aliphatic rings. The molecule has 4 heteroatoms. The van der Waals surface area contributed by atoms with Crippen LogP contribution in [0, 0.1) is 0 Å². The molecule has 18 heavy (non-hydrogen) atoms. The fourth-order valence-corrected chi connectivity index (χ4v) is 2.81. The van der Waals surface area contributed by atoms with Gasteiger partial charge in [-0.3, -0.25) is 10.1 Å². The van der Waals surface area contributed by atoms with Crippen molar-refractivity contribution in [1.82, 2.24) is 10.3 Å². The summed E-state index contributed by atoms with van der Waals surface area (Å²) < 4.78 is 0. The number of benzene rings is 1. The van der Waals surface area contributed by atoms with Gasteiger partial charge < -0.3 is 10.1 Å². The Kier molecular flexibility index (Phi) is 2.59. The highest BCUT2D eigenvalue weighted by Gasteiger charge is 2.31. The van der Waals surface area contributed by atoms with E-state index in [2.05, 4.69) is 23.3 Å². The van der Waals surface area contributed by atoms with Crippen LogP contribution in [0.1, 0.15) is 30.6 Å². The summed E-state index contributed by atoms with van der Waals surface area (Å²) in [7, 11) is 0. The molecule has 2 aromatic rings. The van der Waals surface area contributed by atoms with E-state index in [0.29, 0.717) is 6.42 Å². The number of carbonyl (C=O) groups is 1. The van der Waals surface area contributed by atoms with Crippen molar-refractivity contribution in [2.24, 2.45) is 0 Å². The summed E-state index contributed by atoms with van der Waals surface area (Å²) in [6.07, 6.45) is 1.43. The van der Waals surface area contributed by atoms with E-state index < -0.39 is 12.0 Å². The fourth-order valence-electron chi connectivity index (χ4n) is 2.81. The molecular weight excluding hydrogens is 228 g/mol. The van der Waals surface area contributed by atoms with Crippen LogP contribution >= 0.6 is 0 Å². The van der Waals surface area contributed by atoms with Gasteiger partial charge in [-0.05, 0) is 18.1 Å². The molecule has 0 unspecified atom stereocenters. The molecule has 3 rings (SSSR count). The van der Waals surface area contributed by atoms with E-state index in [4.69, 9.17) is 0 Å². The molecule has 2 atom stereocenters. The smallest absolute Gasteiger partial charge is 0.321 e. The van der Waals surface area contributed by atoms with Crippen molar-refractivity contribution >= 4 is 16.9 Å². The summed E-state index contributed by atoms with van der Waals surface area (Å²) in [5.74, 6) is -0.774. The van der Waals surface area contributed by atoms with Crippen LogP contribution in [0.4, 0.5) is 0 Å². The minimum Gasteiger partial charge on any atom is -0.480 e. The van der Waals surface area contributed by atoms with Crippen molar-refractivity contribution < 1.29 is 9.90 Å². The fraction of sp³-hybridized carbons (Fsp3) is 0.357. The predicted molar refractivity (Wildman–Crippen MR) is 69.6 cm³/mol. The van der Waals surface area contributed by atoms with E-state index in [1.54, 1.807) is 0 Å². The lowest BCUT2D eigenvalue weighted by molar-refractivity contribution is -0.139. The highest BCUT2D eigenvalue weighted by molar-refractivity contribution is 5.86. The number of aromatic nitrogens is 1. The summed E-state index contributed by atoms with van der Waals surface area (Å²) in [4.78, 5) is 14.6. The van der Waals surface area contributed by atoms with E-state index in [1.807, 2.05) is 18.2 Å². The van der Waals surface area contributed by atoms with Crippen molar-refractivity contribution in [3.63, 3.8) is 0 Å². The molecule has 1 aliphatic heterocycles. The number of carboxylic acid groups (broad SMARTS) is 1. The second-order valence-electron chi connectivity index (χ2n) is 4.79. The van der Waals surface area contributed by atoms with Gasteiger partial charge in [0.25, 0.3) is 0 Å². The minimum atomic E-state index is -0.774.